The van der Waals surface area contributed by atoms with Gasteiger partial charge in [0.25, 0.3) is 5.91 Å². The summed E-state index contributed by atoms with van der Waals surface area (Å²) >= 11 is 6.07. The smallest absolute Gasteiger partial charge is 0.256 e. The second-order valence-corrected chi connectivity index (χ2v) is 5.56. The normalized spacial score (nSPS) is 20.5. The van der Waals surface area contributed by atoms with Crippen LogP contribution in [0.1, 0.15) is 35.3 Å². The summed E-state index contributed by atoms with van der Waals surface area (Å²) in [6.45, 7) is 1.99. The number of carbonyl (C=O) groups is 1. The van der Waals surface area contributed by atoms with Gasteiger partial charge in [0.05, 0.1) is 23.9 Å². The van der Waals surface area contributed by atoms with E-state index in [1.54, 1.807) is 7.05 Å². The van der Waals surface area contributed by atoms with Crippen LogP contribution in [0.15, 0.2) is 30.5 Å². The molecule has 0 unspecified atom stereocenters. The lowest BCUT2D eigenvalue weighted by atomic mass is 9.97. The van der Waals surface area contributed by atoms with Crippen LogP contribution in [0.4, 0.5) is 0 Å². The average Bonchev–Trinajstić information content (AvgIpc) is 2.79. The topological polar surface area (TPSA) is 56.2 Å². The van der Waals surface area contributed by atoms with Crippen LogP contribution in [0, 0.1) is 0 Å². The van der Waals surface area contributed by atoms with Crippen molar-refractivity contribution in [1.82, 2.24) is 15.1 Å². The number of nitrogens with zero attached hydrogens (tertiary/aromatic N) is 2. The highest BCUT2D eigenvalue weighted by Gasteiger charge is 2.28. The number of para-hydroxylation sites is 1. The summed E-state index contributed by atoms with van der Waals surface area (Å²) in [6.07, 6.45) is 2.25. The molecule has 1 amide bonds. The number of benzene rings is 1. The minimum Gasteiger partial charge on any atom is -0.490 e. The highest BCUT2D eigenvalue weighted by atomic mass is 35.5. The average molecular weight is 306 g/mol. The zero-order valence-electron chi connectivity index (χ0n) is 11.8. The first kappa shape index (κ1) is 13.9. The van der Waals surface area contributed by atoms with E-state index in [0.717, 1.165) is 17.7 Å². The fraction of sp³-hybridized carbons (Fsp3) is 0.333. The number of nitrogens with one attached hydrogen (secondary N) is 1. The molecule has 21 heavy (non-hydrogen) atoms. The number of fused-ring (bicyclic) bond motifs is 1. The van der Waals surface area contributed by atoms with Gasteiger partial charge in [-0.25, -0.2) is 0 Å². The van der Waals surface area contributed by atoms with Crippen LogP contribution in [0.5, 0.6) is 5.75 Å². The summed E-state index contributed by atoms with van der Waals surface area (Å²) < 4.78 is 7.25. The van der Waals surface area contributed by atoms with E-state index < -0.39 is 0 Å². The van der Waals surface area contributed by atoms with Crippen molar-refractivity contribution >= 4 is 17.5 Å². The standard InChI is InChI=1S/C15H16ClN3O2/c1-9-7-12(10-5-3-4-6-13(10)21-9)18-15(20)11-8-17-19(2)14(11)16/h3-6,8-9,12H,7H2,1-2H3,(H,18,20)/t9-,12-/m1/s1. The van der Waals surface area contributed by atoms with Crippen LogP contribution in [0.25, 0.3) is 0 Å². The van der Waals surface area contributed by atoms with Gasteiger partial charge in [-0.1, -0.05) is 29.8 Å². The van der Waals surface area contributed by atoms with Crippen LogP contribution in [-0.2, 0) is 7.05 Å². The van der Waals surface area contributed by atoms with E-state index in [1.807, 2.05) is 31.2 Å². The van der Waals surface area contributed by atoms with E-state index in [4.69, 9.17) is 16.3 Å². The molecule has 0 spiro atoms. The Bertz CT molecular complexity index is 683. The number of carbonyl (C=O) groups excluding carboxylic acids is 1. The Morgan fingerprint density at radius 1 is 1.48 bits per heavy atom. The lowest BCUT2D eigenvalue weighted by Gasteiger charge is -2.30. The van der Waals surface area contributed by atoms with Gasteiger partial charge in [0.15, 0.2) is 0 Å². The molecular formula is C15H16ClN3O2. The van der Waals surface area contributed by atoms with E-state index in [0.29, 0.717) is 10.7 Å². The lowest BCUT2D eigenvalue weighted by molar-refractivity contribution is 0.0906. The van der Waals surface area contributed by atoms with Crippen molar-refractivity contribution in [3.8, 4) is 5.75 Å². The zero-order chi connectivity index (χ0) is 15.0. The molecule has 0 bridgehead atoms. The van der Waals surface area contributed by atoms with E-state index in [9.17, 15) is 4.79 Å². The molecule has 0 radical (unpaired) electrons. The first-order chi connectivity index (χ1) is 10.1. The molecule has 110 valence electrons. The SMILES string of the molecule is C[C@@H]1C[C@@H](NC(=O)c2cnn(C)c2Cl)c2ccccc2O1. The molecule has 1 aliphatic rings. The highest BCUT2D eigenvalue weighted by Crippen LogP contribution is 2.34. The molecule has 6 heteroatoms. The molecule has 0 fully saturated rings. The second-order valence-electron chi connectivity index (χ2n) is 5.20. The molecule has 1 aromatic heterocycles. The van der Waals surface area contributed by atoms with Crippen LogP contribution in [-0.4, -0.2) is 21.8 Å². The summed E-state index contributed by atoms with van der Waals surface area (Å²) in [6, 6.07) is 7.66. The lowest BCUT2D eigenvalue weighted by Crippen LogP contribution is -2.35. The van der Waals surface area contributed by atoms with Gasteiger partial charge in [-0.15, -0.1) is 0 Å². The molecular weight excluding hydrogens is 290 g/mol. The van der Waals surface area contributed by atoms with Crippen molar-refractivity contribution in [3.05, 3.63) is 46.7 Å². The van der Waals surface area contributed by atoms with Gasteiger partial charge >= 0.3 is 0 Å². The van der Waals surface area contributed by atoms with E-state index in [2.05, 4.69) is 10.4 Å². The van der Waals surface area contributed by atoms with Crippen molar-refractivity contribution in [2.45, 2.75) is 25.5 Å². The maximum absolute atomic E-state index is 12.4. The van der Waals surface area contributed by atoms with E-state index in [1.165, 1.54) is 10.9 Å². The molecule has 1 N–H and O–H groups in total. The summed E-state index contributed by atoms with van der Waals surface area (Å²) in [5.74, 6) is 0.598. The Labute approximate surface area is 127 Å². The summed E-state index contributed by atoms with van der Waals surface area (Å²) in [5.41, 5.74) is 1.37. The van der Waals surface area contributed by atoms with Crippen LogP contribution in [0.3, 0.4) is 0 Å². The number of hydrogen-bond donors (Lipinski definition) is 1. The molecule has 2 atom stereocenters. The zero-order valence-corrected chi connectivity index (χ0v) is 12.6. The summed E-state index contributed by atoms with van der Waals surface area (Å²) in [7, 11) is 1.70. The molecule has 3 rings (SSSR count). The van der Waals surface area contributed by atoms with Crippen LogP contribution < -0.4 is 10.1 Å². The fourth-order valence-electron chi connectivity index (χ4n) is 2.55. The van der Waals surface area contributed by atoms with Crippen molar-refractivity contribution in [3.63, 3.8) is 0 Å². The molecule has 5 nitrogen and oxygen atoms in total. The predicted octanol–water partition coefficient (Wildman–Crippen LogP) is 2.72. The van der Waals surface area contributed by atoms with Crippen LogP contribution in [0.2, 0.25) is 5.15 Å². The molecule has 0 saturated heterocycles. The largest absolute Gasteiger partial charge is 0.490 e. The van der Waals surface area contributed by atoms with Gasteiger partial charge in [-0.05, 0) is 13.0 Å². The van der Waals surface area contributed by atoms with Crippen molar-refractivity contribution < 1.29 is 9.53 Å². The molecule has 2 aromatic rings. The summed E-state index contributed by atoms with van der Waals surface area (Å²) in [5, 5.41) is 7.34. The number of aromatic nitrogens is 2. The van der Waals surface area contributed by atoms with Crippen molar-refractivity contribution in [2.75, 3.05) is 0 Å². The number of aryl methyl sites for hydroxylation is 1. The van der Waals surface area contributed by atoms with Gasteiger partial charge < -0.3 is 10.1 Å². The number of amides is 1. The molecule has 1 aliphatic heterocycles. The minimum absolute atomic E-state index is 0.0505. The Kier molecular flexibility index (Phi) is 3.59. The van der Waals surface area contributed by atoms with Gasteiger partial charge in [0.1, 0.15) is 10.9 Å². The quantitative estimate of drug-likeness (QED) is 0.928. The summed E-state index contributed by atoms with van der Waals surface area (Å²) in [4.78, 5) is 12.4. The minimum atomic E-state index is -0.220. The van der Waals surface area contributed by atoms with E-state index >= 15 is 0 Å². The Hall–Kier alpha value is -2.01. The highest BCUT2D eigenvalue weighted by molar-refractivity contribution is 6.32. The predicted molar refractivity (Wildman–Crippen MR) is 79.6 cm³/mol. The van der Waals surface area contributed by atoms with E-state index in [-0.39, 0.29) is 18.1 Å². The third-order valence-corrected chi connectivity index (χ3v) is 4.05. The van der Waals surface area contributed by atoms with Crippen LogP contribution >= 0.6 is 11.6 Å². The molecule has 2 heterocycles. The maximum Gasteiger partial charge on any atom is 0.256 e. The van der Waals surface area contributed by atoms with Crippen molar-refractivity contribution in [2.24, 2.45) is 7.05 Å². The van der Waals surface area contributed by atoms with Gasteiger partial charge in [0, 0.05) is 19.0 Å². The number of rotatable bonds is 2. The first-order valence-corrected chi connectivity index (χ1v) is 7.18. The molecule has 1 aromatic carbocycles. The number of hydrogen-bond acceptors (Lipinski definition) is 3. The fourth-order valence-corrected chi connectivity index (χ4v) is 2.73. The van der Waals surface area contributed by atoms with Gasteiger partial charge in [-0.3, -0.25) is 9.48 Å². The molecule has 0 saturated carbocycles. The second kappa shape index (κ2) is 5.41. The third-order valence-electron chi connectivity index (χ3n) is 3.61. The Morgan fingerprint density at radius 2 is 2.24 bits per heavy atom. The Morgan fingerprint density at radius 3 is 2.95 bits per heavy atom. The van der Waals surface area contributed by atoms with Crippen molar-refractivity contribution in [1.29, 1.82) is 0 Å². The monoisotopic (exact) mass is 305 g/mol. The first-order valence-electron chi connectivity index (χ1n) is 6.80. The van der Waals surface area contributed by atoms with Gasteiger partial charge in [0.2, 0.25) is 0 Å². The number of halogens is 1. The van der Waals surface area contributed by atoms with Gasteiger partial charge in [-0.2, -0.15) is 5.10 Å². The third kappa shape index (κ3) is 2.61. The Balaban J connectivity index is 1.85. The molecule has 0 aliphatic carbocycles. The number of ether oxygens (including phenoxy) is 1. The maximum atomic E-state index is 12.4.